The fraction of sp³-hybridized carbons (Fsp3) is 0.286. The molecule has 0 fully saturated rings. The third-order valence-corrected chi connectivity index (χ3v) is 5.27. The van der Waals surface area contributed by atoms with E-state index in [1.807, 2.05) is 30.3 Å². The Balaban J connectivity index is 1.66. The first-order chi connectivity index (χ1) is 13.1. The molecule has 0 spiro atoms. The van der Waals surface area contributed by atoms with Crippen LogP contribution >= 0.6 is 11.3 Å². The Kier molecular flexibility index (Phi) is 6.32. The molecular weight excluding hydrogens is 360 g/mol. The SMILES string of the molecule is COc1ccc(C[NH+](C)Cc2csc(-c3ccc(OC)c(OC)c3)n2)cc1. The maximum Gasteiger partial charge on any atom is 0.161 e. The van der Waals surface area contributed by atoms with Crippen LogP contribution in [0.1, 0.15) is 11.3 Å². The van der Waals surface area contributed by atoms with E-state index < -0.39 is 0 Å². The molecule has 0 aliphatic rings. The average molecular weight is 386 g/mol. The predicted octanol–water partition coefficient (Wildman–Crippen LogP) is 3.05. The smallest absolute Gasteiger partial charge is 0.161 e. The Hall–Kier alpha value is -2.57. The van der Waals surface area contributed by atoms with Crippen molar-refractivity contribution in [3.05, 3.63) is 59.1 Å². The summed E-state index contributed by atoms with van der Waals surface area (Å²) in [6.45, 7) is 1.81. The van der Waals surface area contributed by atoms with Gasteiger partial charge in [0.15, 0.2) is 11.5 Å². The molecule has 1 N–H and O–H groups in total. The van der Waals surface area contributed by atoms with Crippen molar-refractivity contribution >= 4 is 11.3 Å². The van der Waals surface area contributed by atoms with Crippen molar-refractivity contribution in [1.29, 1.82) is 0 Å². The maximum atomic E-state index is 5.39. The average Bonchev–Trinajstić information content (AvgIpc) is 3.16. The molecular formula is C21H25N2O3S+. The lowest BCUT2D eigenvalue weighted by molar-refractivity contribution is -0.908. The fourth-order valence-electron chi connectivity index (χ4n) is 2.95. The van der Waals surface area contributed by atoms with Crippen LogP contribution in [0.15, 0.2) is 47.8 Å². The number of hydrogen-bond acceptors (Lipinski definition) is 5. The van der Waals surface area contributed by atoms with E-state index in [1.165, 1.54) is 10.5 Å². The van der Waals surface area contributed by atoms with Crippen LogP contribution in [-0.2, 0) is 13.1 Å². The zero-order valence-electron chi connectivity index (χ0n) is 16.1. The summed E-state index contributed by atoms with van der Waals surface area (Å²) in [5, 5.41) is 3.12. The number of aromatic nitrogens is 1. The summed E-state index contributed by atoms with van der Waals surface area (Å²) >= 11 is 1.65. The van der Waals surface area contributed by atoms with Crippen LogP contribution in [-0.4, -0.2) is 33.4 Å². The molecule has 1 heterocycles. The molecule has 0 bridgehead atoms. The third kappa shape index (κ3) is 4.78. The molecule has 27 heavy (non-hydrogen) atoms. The summed E-state index contributed by atoms with van der Waals surface area (Å²) in [6, 6.07) is 14.1. The summed E-state index contributed by atoms with van der Waals surface area (Å²) in [7, 11) is 7.15. The first-order valence-corrected chi connectivity index (χ1v) is 9.62. The highest BCUT2D eigenvalue weighted by Gasteiger charge is 2.12. The van der Waals surface area contributed by atoms with Crippen LogP contribution in [0, 0.1) is 0 Å². The highest BCUT2D eigenvalue weighted by molar-refractivity contribution is 7.13. The number of methoxy groups -OCH3 is 3. The lowest BCUT2D eigenvalue weighted by Gasteiger charge is -2.13. The predicted molar refractivity (Wildman–Crippen MR) is 108 cm³/mol. The standard InChI is InChI=1S/C21H24N2O3S/c1-23(12-15-5-8-18(24-2)9-6-15)13-17-14-27-21(22-17)16-7-10-19(25-3)20(11-16)26-4/h5-11,14H,12-13H2,1-4H3/p+1. The summed E-state index contributed by atoms with van der Waals surface area (Å²) in [5.41, 5.74) is 3.41. The van der Waals surface area contributed by atoms with Gasteiger partial charge in [-0.3, -0.25) is 0 Å². The van der Waals surface area contributed by atoms with E-state index >= 15 is 0 Å². The Bertz CT molecular complexity index is 877. The van der Waals surface area contributed by atoms with E-state index in [0.29, 0.717) is 5.75 Å². The van der Waals surface area contributed by atoms with Gasteiger partial charge in [0.25, 0.3) is 0 Å². The molecule has 1 atom stereocenters. The number of rotatable bonds is 8. The minimum atomic E-state index is 0.717. The molecule has 6 heteroatoms. The van der Waals surface area contributed by atoms with E-state index in [2.05, 4.69) is 24.6 Å². The summed E-state index contributed by atoms with van der Waals surface area (Å²) in [4.78, 5) is 6.18. The number of benzene rings is 2. The quantitative estimate of drug-likeness (QED) is 0.647. The van der Waals surface area contributed by atoms with Crippen LogP contribution in [0.5, 0.6) is 17.2 Å². The first kappa shape index (κ1) is 19.2. The van der Waals surface area contributed by atoms with Crippen molar-refractivity contribution < 1.29 is 19.1 Å². The van der Waals surface area contributed by atoms with Gasteiger partial charge in [0.1, 0.15) is 29.5 Å². The molecule has 0 amide bonds. The molecule has 0 aliphatic heterocycles. The van der Waals surface area contributed by atoms with Gasteiger partial charge in [0.05, 0.1) is 28.4 Å². The second-order valence-corrected chi connectivity index (χ2v) is 7.23. The summed E-state index contributed by atoms with van der Waals surface area (Å²) < 4.78 is 15.9. The van der Waals surface area contributed by atoms with Gasteiger partial charge in [-0.05, 0) is 42.5 Å². The zero-order chi connectivity index (χ0) is 19.2. The van der Waals surface area contributed by atoms with Crippen LogP contribution in [0.2, 0.25) is 0 Å². The number of ether oxygens (including phenoxy) is 3. The van der Waals surface area contributed by atoms with Crippen LogP contribution in [0.4, 0.5) is 0 Å². The largest absolute Gasteiger partial charge is 0.497 e. The number of hydrogen-bond donors (Lipinski definition) is 1. The Labute approximate surface area is 164 Å². The molecule has 142 valence electrons. The van der Waals surface area contributed by atoms with Crippen LogP contribution < -0.4 is 19.1 Å². The molecule has 3 aromatic rings. The van der Waals surface area contributed by atoms with Crippen molar-refractivity contribution in [2.45, 2.75) is 13.1 Å². The second kappa shape index (κ2) is 8.88. The van der Waals surface area contributed by atoms with Crippen LogP contribution in [0.3, 0.4) is 0 Å². The molecule has 1 aromatic heterocycles. The van der Waals surface area contributed by atoms with Gasteiger partial charge < -0.3 is 19.1 Å². The minimum absolute atomic E-state index is 0.717. The molecule has 0 saturated carbocycles. The van der Waals surface area contributed by atoms with E-state index in [0.717, 1.165) is 40.9 Å². The molecule has 0 saturated heterocycles. The Morgan fingerprint density at radius 1 is 0.889 bits per heavy atom. The van der Waals surface area contributed by atoms with Crippen molar-refractivity contribution in [1.82, 2.24) is 4.98 Å². The fourth-order valence-corrected chi connectivity index (χ4v) is 3.77. The van der Waals surface area contributed by atoms with E-state index in [-0.39, 0.29) is 0 Å². The van der Waals surface area contributed by atoms with E-state index in [4.69, 9.17) is 19.2 Å². The monoisotopic (exact) mass is 385 g/mol. The van der Waals surface area contributed by atoms with Crippen molar-refractivity contribution in [2.24, 2.45) is 0 Å². The van der Waals surface area contributed by atoms with Gasteiger partial charge >= 0.3 is 0 Å². The maximum absolute atomic E-state index is 5.39. The number of nitrogens with zero attached hydrogens (tertiary/aromatic N) is 1. The van der Waals surface area contributed by atoms with E-state index in [9.17, 15) is 0 Å². The second-order valence-electron chi connectivity index (χ2n) is 6.37. The first-order valence-electron chi connectivity index (χ1n) is 8.74. The normalized spacial score (nSPS) is 11.9. The highest BCUT2D eigenvalue weighted by Crippen LogP contribution is 2.33. The number of quaternary nitrogens is 1. The molecule has 0 radical (unpaired) electrons. The van der Waals surface area contributed by atoms with Gasteiger partial charge in [-0.15, -0.1) is 11.3 Å². The van der Waals surface area contributed by atoms with Gasteiger partial charge in [-0.1, -0.05) is 0 Å². The minimum Gasteiger partial charge on any atom is -0.497 e. The van der Waals surface area contributed by atoms with Crippen molar-refractivity contribution in [2.75, 3.05) is 28.4 Å². The zero-order valence-corrected chi connectivity index (χ0v) is 16.9. The Morgan fingerprint density at radius 3 is 2.30 bits per heavy atom. The molecule has 5 nitrogen and oxygen atoms in total. The third-order valence-electron chi connectivity index (χ3n) is 4.33. The van der Waals surface area contributed by atoms with Crippen molar-refractivity contribution in [3.63, 3.8) is 0 Å². The molecule has 1 unspecified atom stereocenters. The molecule has 3 rings (SSSR count). The van der Waals surface area contributed by atoms with Crippen molar-refractivity contribution in [3.8, 4) is 27.8 Å². The molecule has 0 aliphatic carbocycles. The topological polar surface area (TPSA) is 45.0 Å². The lowest BCUT2D eigenvalue weighted by atomic mass is 10.2. The highest BCUT2D eigenvalue weighted by atomic mass is 32.1. The lowest BCUT2D eigenvalue weighted by Crippen LogP contribution is -3.06. The Morgan fingerprint density at radius 2 is 1.63 bits per heavy atom. The van der Waals surface area contributed by atoms with Gasteiger partial charge in [0, 0.05) is 16.5 Å². The van der Waals surface area contributed by atoms with Gasteiger partial charge in [0.2, 0.25) is 0 Å². The van der Waals surface area contributed by atoms with Gasteiger partial charge in [-0.2, -0.15) is 0 Å². The molecule has 2 aromatic carbocycles. The summed E-state index contributed by atoms with van der Waals surface area (Å²) in [6.07, 6.45) is 0. The number of thiazole rings is 1. The van der Waals surface area contributed by atoms with Gasteiger partial charge in [-0.25, -0.2) is 4.98 Å². The number of nitrogens with one attached hydrogen (secondary N) is 1. The van der Waals surface area contributed by atoms with E-state index in [1.54, 1.807) is 32.7 Å². The van der Waals surface area contributed by atoms with Crippen LogP contribution in [0.25, 0.3) is 10.6 Å². The summed E-state index contributed by atoms with van der Waals surface area (Å²) in [5.74, 6) is 2.33.